The highest BCUT2D eigenvalue weighted by Crippen LogP contribution is 2.31. The van der Waals surface area contributed by atoms with Crippen LogP contribution in [-0.4, -0.2) is 11.5 Å². The Morgan fingerprint density at radius 2 is 2.20 bits per heavy atom. The largest absolute Gasteiger partial charge is 0.357 e. The van der Waals surface area contributed by atoms with Crippen molar-refractivity contribution in [3.8, 4) is 0 Å². The Hall–Kier alpha value is -0.510. The molecule has 0 amide bonds. The summed E-state index contributed by atoms with van der Waals surface area (Å²) >= 11 is 9.60. The van der Waals surface area contributed by atoms with Crippen LogP contribution in [0.1, 0.15) is 11.3 Å². The summed E-state index contributed by atoms with van der Waals surface area (Å²) < 4.78 is 0.997. The molecule has 15 heavy (non-hydrogen) atoms. The molecule has 0 bridgehead atoms. The van der Waals surface area contributed by atoms with E-state index < -0.39 is 0 Å². The average molecular weight is 288 g/mol. The molecule has 4 heteroatoms. The van der Waals surface area contributed by atoms with Gasteiger partial charge in [0.15, 0.2) is 0 Å². The van der Waals surface area contributed by atoms with Crippen LogP contribution in [0.25, 0.3) is 10.9 Å². The van der Waals surface area contributed by atoms with Crippen LogP contribution in [0.4, 0.5) is 0 Å². The number of aryl methyl sites for hydroxylation is 1. The van der Waals surface area contributed by atoms with Crippen molar-refractivity contribution in [3.05, 3.63) is 32.9 Å². The molecule has 80 valence electrons. The van der Waals surface area contributed by atoms with Crippen molar-refractivity contribution in [2.24, 2.45) is 5.73 Å². The van der Waals surface area contributed by atoms with E-state index in [0.29, 0.717) is 6.54 Å². The van der Waals surface area contributed by atoms with Crippen LogP contribution in [0.3, 0.4) is 0 Å². The summed E-state index contributed by atoms with van der Waals surface area (Å²) in [5, 5.41) is 1.91. The third-order valence-corrected chi connectivity index (χ3v) is 3.30. The Kier molecular flexibility index (Phi) is 3.05. The topological polar surface area (TPSA) is 41.8 Å². The Labute approximate surface area is 102 Å². The molecular formula is C11H12BrClN2. The number of nitrogens with two attached hydrogens (primary N) is 1. The number of halogens is 2. The third kappa shape index (κ3) is 1.92. The zero-order chi connectivity index (χ0) is 11.0. The highest BCUT2D eigenvalue weighted by molar-refractivity contribution is 9.10. The molecule has 0 atom stereocenters. The van der Waals surface area contributed by atoms with Crippen molar-refractivity contribution < 1.29 is 0 Å². The van der Waals surface area contributed by atoms with Crippen molar-refractivity contribution in [2.45, 2.75) is 13.3 Å². The minimum absolute atomic E-state index is 0.651. The van der Waals surface area contributed by atoms with Gasteiger partial charge in [-0.2, -0.15) is 0 Å². The maximum absolute atomic E-state index is 6.16. The highest BCUT2D eigenvalue weighted by Gasteiger charge is 2.10. The number of nitrogens with one attached hydrogen (secondary N) is 1. The Balaban J connectivity index is 2.74. The third-order valence-electron chi connectivity index (χ3n) is 2.54. The van der Waals surface area contributed by atoms with Gasteiger partial charge in [0.2, 0.25) is 0 Å². The maximum atomic E-state index is 6.16. The Bertz CT molecular complexity index is 505. The van der Waals surface area contributed by atoms with E-state index in [4.69, 9.17) is 17.3 Å². The summed E-state index contributed by atoms with van der Waals surface area (Å²) in [5.41, 5.74) is 9.01. The van der Waals surface area contributed by atoms with Gasteiger partial charge in [0, 0.05) is 15.6 Å². The molecule has 0 aliphatic heterocycles. The zero-order valence-corrected chi connectivity index (χ0v) is 10.7. The summed E-state index contributed by atoms with van der Waals surface area (Å²) in [7, 11) is 0. The molecule has 0 aliphatic carbocycles. The van der Waals surface area contributed by atoms with Gasteiger partial charge in [-0.15, -0.1) is 0 Å². The zero-order valence-electron chi connectivity index (χ0n) is 8.40. The molecule has 2 rings (SSSR count). The quantitative estimate of drug-likeness (QED) is 0.873. The summed E-state index contributed by atoms with van der Waals surface area (Å²) in [6.45, 7) is 2.70. The summed E-state index contributed by atoms with van der Waals surface area (Å²) in [5.74, 6) is 0. The first-order valence-electron chi connectivity index (χ1n) is 4.79. The van der Waals surface area contributed by atoms with Crippen molar-refractivity contribution >= 4 is 38.4 Å². The van der Waals surface area contributed by atoms with Crippen LogP contribution < -0.4 is 5.73 Å². The molecule has 0 fully saturated rings. The van der Waals surface area contributed by atoms with Crippen molar-refractivity contribution in [1.29, 1.82) is 0 Å². The lowest BCUT2D eigenvalue weighted by molar-refractivity contribution is 0.963. The van der Waals surface area contributed by atoms with Crippen LogP contribution in [-0.2, 0) is 6.42 Å². The fraction of sp³-hybridized carbons (Fsp3) is 0.273. The molecule has 0 aliphatic rings. The van der Waals surface area contributed by atoms with Crippen LogP contribution in [0, 0.1) is 6.92 Å². The van der Waals surface area contributed by atoms with Gasteiger partial charge >= 0.3 is 0 Å². The van der Waals surface area contributed by atoms with Gasteiger partial charge in [-0.1, -0.05) is 27.5 Å². The van der Waals surface area contributed by atoms with Gasteiger partial charge in [0.1, 0.15) is 0 Å². The molecule has 1 heterocycles. The number of aromatic nitrogens is 1. The maximum Gasteiger partial charge on any atom is 0.0658 e. The van der Waals surface area contributed by atoms with E-state index in [1.807, 2.05) is 6.07 Å². The van der Waals surface area contributed by atoms with Crippen LogP contribution in [0.5, 0.6) is 0 Å². The number of rotatable bonds is 2. The lowest BCUT2D eigenvalue weighted by atomic mass is 10.1. The molecule has 2 aromatic rings. The van der Waals surface area contributed by atoms with Gasteiger partial charge in [0.05, 0.1) is 10.5 Å². The van der Waals surface area contributed by atoms with E-state index in [9.17, 15) is 0 Å². The second-order valence-electron chi connectivity index (χ2n) is 3.58. The van der Waals surface area contributed by atoms with E-state index in [0.717, 1.165) is 32.5 Å². The molecule has 0 spiro atoms. The minimum atomic E-state index is 0.651. The van der Waals surface area contributed by atoms with Crippen molar-refractivity contribution in [3.63, 3.8) is 0 Å². The lowest BCUT2D eigenvalue weighted by Gasteiger charge is -1.99. The average Bonchev–Trinajstić information content (AvgIpc) is 2.46. The number of hydrogen-bond acceptors (Lipinski definition) is 1. The van der Waals surface area contributed by atoms with Gasteiger partial charge in [0.25, 0.3) is 0 Å². The molecular weight excluding hydrogens is 275 g/mol. The second kappa shape index (κ2) is 4.16. The number of benzene rings is 1. The monoisotopic (exact) mass is 286 g/mol. The number of hydrogen-bond donors (Lipinski definition) is 2. The van der Waals surface area contributed by atoms with Gasteiger partial charge < -0.3 is 10.7 Å². The van der Waals surface area contributed by atoms with Crippen LogP contribution >= 0.6 is 27.5 Å². The first-order chi connectivity index (χ1) is 7.13. The van der Waals surface area contributed by atoms with Crippen molar-refractivity contribution in [2.75, 3.05) is 6.54 Å². The first kappa shape index (κ1) is 11.0. The predicted octanol–water partition coefficient (Wildman–Crippen LogP) is 3.39. The number of fused-ring (bicyclic) bond motifs is 1. The fourth-order valence-electron chi connectivity index (χ4n) is 1.87. The normalized spacial score (nSPS) is 11.2. The Morgan fingerprint density at radius 1 is 1.47 bits per heavy atom. The van der Waals surface area contributed by atoms with Crippen LogP contribution in [0.15, 0.2) is 16.6 Å². The SMILES string of the molecule is Cc1[nH]c2c(Cl)cc(Br)cc2c1CCN. The summed E-state index contributed by atoms with van der Waals surface area (Å²) in [6.07, 6.45) is 0.874. The van der Waals surface area contributed by atoms with Gasteiger partial charge in [-0.3, -0.25) is 0 Å². The van der Waals surface area contributed by atoms with E-state index >= 15 is 0 Å². The molecule has 0 unspecified atom stereocenters. The predicted molar refractivity (Wildman–Crippen MR) is 68.5 cm³/mol. The summed E-state index contributed by atoms with van der Waals surface area (Å²) in [4.78, 5) is 3.30. The van der Waals surface area contributed by atoms with E-state index in [1.165, 1.54) is 5.56 Å². The van der Waals surface area contributed by atoms with Crippen LogP contribution in [0.2, 0.25) is 5.02 Å². The van der Waals surface area contributed by atoms with Crippen molar-refractivity contribution in [1.82, 2.24) is 4.98 Å². The standard InChI is InChI=1S/C11H12BrClN2/c1-6-8(2-3-14)9-4-7(12)5-10(13)11(9)15-6/h4-5,15H,2-3,14H2,1H3. The fourth-order valence-corrected chi connectivity index (χ4v) is 2.73. The van der Waals surface area contributed by atoms with E-state index in [2.05, 4.69) is 33.9 Å². The molecule has 3 N–H and O–H groups in total. The molecule has 0 saturated carbocycles. The Morgan fingerprint density at radius 3 is 2.87 bits per heavy atom. The van der Waals surface area contributed by atoms with Gasteiger partial charge in [-0.25, -0.2) is 0 Å². The number of aromatic amines is 1. The van der Waals surface area contributed by atoms with Gasteiger partial charge in [-0.05, 0) is 37.6 Å². The molecule has 2 nitrogen and oxygen atoms in total. The molecule has 0 radical (unpaired) electrons. The molecule has 0 saturated heterocycles. The minimum Gasteiger partial charge on any atom is -0.357 e. The summed E-state index contributed by atoms with van der Waals surface area (Å²) in [6, 6.07) is 3.97. The molecule has 1 aromatic carbocycles. The first-order valence-corrected chi connectivity index (χ1v) is 5.97. The molecule has 1 aromatic heterocycles. The van der Waals surface area contributed by atoms with E-state index in [-0.39, 0.29) is 0 Å². The number of H-pyrrole nitrogens is 1. The lowest BCUT2D eigenvalue weighted by Crippen LogP contribution is -2.03. The smallest absolute Gasteiger partial charge is 0.0658 e. The van der Waals surface area contributed by atoms with E-state index in [1.54, 1.807) is 0 Å². The highest BCUT2D eigenvalue weighted by atomic mass is 79.9. The second-order valence-corrected chi connectivity index (χ2v) is 4.90.